The molecule has 106 valence electrons. The van der Waals surface area contributed by atoms with Gasteiger partial charge in [0.25, 0.3) is 5.91 Å². The van der Waals surface area contributed by atoms with Crippen LogP contribution in [-0.2, 0) is 11.2 Å². The number of carboxylic acid groups (broad SMARTS) is 1. The number of para-hydroxylation sites is 1. The van der Waals surface area contributed by atoms with Crippen molar-refractivity contribution in [3.8, 4) is 5.75 Å². The molecule has 2 aromatic rings. The topological polar surface area (TPSA) is 88.5 Å². The summed E-state index contributed by atoms with van der Waals surface area (Å²) in [5.41, 5.74) is 0.929. The van der Waals surface area contributed by atoms with Crippen LogP contribution in [0.2, 0.25) is 0 Å². The molecule has 1 unspecified atom stereocenters. The van der Waals surface area contributed by atoms with Crippen LogP contribution in [0, 0.1) is 0 Å². The van der Waals surface area contributed by atoms with E-state index >= 15 is 0 Å². The molecule has 0 fully saturated rings. The van der Waals surface area contributed by atoms with Crippen molar-refractivity contribution in [3.05, 3.63) is 53.9 Å². The number of carbonyl (C=O) groups is 2. The molecule has 0 spiro atoms. The van der Waals surface area contributed by atoms with Crippen LogP contribution in [0.5, 0.6) is 5.75 Å². The van der Waals surface area contributed by atoms with Crippen molar-refractivity contribution in [2.45, 2.75) is 12.5 Å². The molecule has 1 atom stereocenters. The molecule has 2 heterocycles. The number of amides is 1. The third-order valence-electron chi connectivity index (χ3n) is 3.21. The first-order valence-corrected chi connectivity index (χ1v) is 6.39. The zero-order valence-electron chi connectivity index (χ0n) is 10.9. The van der Waals surface area contributed by atoms with E-state index in [-0.39, 0.29) is 17.3 Å². The van der Waals surface area contributed by atoms with E-state index in [1.807, 2.05) is 18.2 Å². The first-order valence-electron chi connectivity index (χ1n) is 6.39. The highest BCUT2D eigenvalue weighted by atomic mass is 16.5. The molecule has 3 rings (SSSR count). The Morgan fingerprint density at radius 3 is 2.81 bits per heavy atom. The van der Waals surface area contributed by atoms with Crippen molar-refractivity contribution >= 4 is 17.6 Å². The Bertz CT molecular complexity index is 689. The Balaban J connectivity index is 1.76. The summed E-state index contributed by atoms with van der Waals surface area (Å²) in [5, 5.41) is 11.6. The predicted octanol–water partition coefficient (Wildman–Crippen LogP) is 1.72. The molecule has 0 bridgehead atoms. The van der Waals surface area contributed by atoms with Crippen LogP contribution < -0.4 is 10.1 Å². The lowest BCUT2D eigenvalue weighted by Crippen LogP contribution is -2.32. The van der Waals surface area contributed by atoms with Crippen LogP contribution in [0.15, 0.2) is 42.6 Å². The standard InChI is InChI=1S/C15H12N2O4/c18-14(12-8-9-4-1-2-6-11(9)21-12)17-10-5-3-7-16-13(10)15(19)20/h1-7,12H,8H2,(H,17,18)(H,19,20). The van der Waals surface area contributed by atoms with Crippen LogP contribution in [-0.4, -0.2) is 28.1 Å². The van der Waals surface area contributed by atoms with E-state index in [4.69, 9.17) is 9.84 Å². The summed E-state index contributed by atoms with van der Waals surface area (Å²) >= 11 is 0. The monoisotopic (exact) mass is 284 g/mol. The summed E-state index contributed by atoms with van der Waals surface area (Å²) in [6.45, 7) is 0. The molecule has 1 amide bonds. The average Bonchev–Trinajstić information content (AvgIpc) is 2.91. The van der Waals surface area contributed by atoms with Crippen LogP contribution in [0.4, 0.5) is 5.69 Å². The number of fused-ring (bicyclic) bond motifs is 1. The second-order valence-corrected chi connectivity index (χ2v) is 4.61. The number of aromatic carboxylic acids is 1. The fraction of sp³-hybridized carbons (Fsp3) is 0.133. The van der Waals surface area contributed by atoms with E-state index < -0.39 is 12.1 Å². The van der Waals surface area contributed by atoms with Gasteiger partial charge in [-0.15, -0.1) is 0 Å². The highest BCUT2D eigenvalue weighted by molar-refractivity contribution is 6.01. The molecule has 0 saturated heterocycles. The lowest BCUT2D eigenvalue weighted by atomic mass is 10.1. The summed E-state index contributed by atoms with van der Waals surface area (Å²) in [7, 11) is 0. The second kappa shape index (κ2) is 5.24. The fourth-order valence-electron chi connectivity index (χ4n) is 2.22. The van der Waals surface area contributed by atoms with Crippen LogP contribution in [0.25, 0.3) is 0 Å². The van der Waals surface area contributed by atoms with Gasteiger partial charge in [-0.25, -0.2) is 9.78 Å². The number of rotatable bonds is 3. The van der Waals surface area contributed by atoms with Gasteiger partial charge in [-0.05, 0) is 23.8 Å². The molecule has 0 saturated carbocycles. The summed E-state index contributed by atoms with van der Waals surface area (Å²) in [6.07, 6.45) is 1.16. The van der Waals surface area contributed by atoms with E-state index in [2.05, 4.69) is 10.3 Å². The van der Waals surface area contributed by atoms with Crippen molar-refractivity contribution in [2.75, 3.05) is 5.32 Å². The van der Waals surface area contributed by atoms with Crippen molar-refractivity contribution in [2.24, 2.45) is 0 Å². The Hall–Kier alpha value is -2.89. The van der Waals surface area contributed by atoms with E-state index in [1.54, 1.807) is 12.1 Å². The number of pyridine rings is 1. The smallest absolute Gasteiger partial charge is 0.356 e. The Morgan fingerprint density at radius 1 is 1.24 bits per heavy atom. The Morgan fingerprint density at radius 2 is 2.05 bits per heavy atom. The molecule has 2 N–H and O–H groups in total. The average molecular weight is 284 g/mol. The molecule has 1 aromatic heterocycles. The number of nitrogens with one attached hydrogen (secondary N) is 1. The number of benzene rings is 1. The second-order valence-electron chi connectivity index (χ2n) is 4.61. The molecule has 21 heavy (non-hydrogen) atoms. The number of nitrogens with zero attached hydrogens (tertiary/aromatic N) is 1. The van der Waals surface area contributed by atoms with Crippen molar-refractivity contribution in [3.63, 3.8) is 0 Å². The maximum Gasteiger partial charge on any atom is 0.356 e. The third-order valence-corrected chi connectivity index (χ3v) is 3.21. The maximum absolute atomic E-state index is 12.2. The first-order chi connectivity index (χ1) is 10.1. The number of carboxylic acids is 1. The highest BCUT2D eigenvalue weighted by Gasteiger charge is 2.29. The minimum absolute atomic E-state index is 0.162. The lowest BCUT2D eigenvalue weighted by Gasteiger charge is -2.12. The summed E-state index contributed by atoms with van der Waals surface area (Å²) in [6, 6.07) is 10.5. The molecule has 6 nitrogen and oxygen atoms in total. The number of hydrogen-bond donors (Lipinski definition) is 2. The molecule has 1 aromatic carbocycles. The van der Waals surface area contributed by atoms with Gasteiger partial charge in [0, 0.05) is 12.6 Å². The van der Waals surface area contributed by atoms with Gasteiger partial charge in [-0.1, -0.05) is 18.2 Å². The summed E-state index contributed by atoms with van der Waals surface area (Å²) in [5.74, 6) is -0.898. The van der Waals surface area contributed by atoms with E-state index in [0.29, 0.717) is 12.2 Å². The number of carbonyl (C=O) groups excluding carboxylic acids is 1. The lowest BCUT2D eigenvalue weighted by molar-refractivity contribution is -0.122. The van der Waals surface area contributed by atoms with Crippen molar-refractivity contribution in [1.82, 2.24) is 4.98 Å². The molecule has 1 aliphatic rings. The number of ether oxygens (including phenoxy) is 1. The van der Waals surface area contributed by atoms with Gasteiger partial charge in [-0.3, -0.25) is 4.79 Å². The van der Waals surface area contributed by atoms with Gasteiger partial charge in [0.15, 0.2) is 11.8 Å². The molecular formula is C15H12N2O4. The SMILES string of the molecule is O=C(O)c1ncccc1NC(=O)C1Cc2ccccc2O1. The third kappa shape index (κ3) is 2.55. The Labute approximate surface area is 120 Å². The minimum atomic E-state index is -1.19. The molecule has 0 aliphatic carbocycles. The maximum atomic E-state index is 12.2. The van der Waals surface area contributed by atoms with E-state index in [1.165, 1.54) is 12.3 Å². The summed E-state index contributed by atoms with van der Waals surface area (Å²) in [4.78, 5) is 27.0. The van der Waals surface area contributed by atoms with Gasteiger partial charge in [0.1, 0.15) is 5.75 Å². The van der Waals surface area contributed by atoms with Gasteiger partial charge in [-0.2, -0.15) is 0 Å². The fourth-order valence-corrected chi connectivity index (χ4v) is 2.22. The van der Waals surface area contributed by atoms with Crippen LogP contribution in [0.3, 0.4) is 0 Å². The zero-order chi connectivity index (χ0) is 14.8. The number of anilines is 1. The van der Waals surface area contributed by atoms with Gasteiger partial charge >= 0.3 is 5.97 Å². The van der Waals surface area contributed by atoms with Gasteiger partial charge in [0.05, 0.1) is 5.69 Å². The molecular weight excluding hydrogens is 272 g/mol. The molecule has 1 aliphatic heterocycles. The highest BCUT2D eigenvalue weighted by Crippen LogP contribution is 2.28. The minimum Gasteiger partial charge on any atom is -0.480 e. The molecule has 0 radical (unpaired) electrons. The normalized spacial score (nSPS) is 15.9. The quantitative estimate of drug-likeness (QED) is 0.896. The predicted molar refractivity (Wildman–Crippen MR) is 74.4 cm³/mol. The first kappa shape index (κ1) is 13.1. The van der Waals surface area contributed by atoms with Crippen LogP contribution in [0.1, 0.15) is 16.1 Å². The van der Waals surface area contributed by atoms with E-state index in [9.17, 15) is 9.59 Å². The van der Waals surface area contributed by atoms with Gasteiger partial charge in [0.2, 0.25) is 0 Å². The van der Waals surface area contributed by atoms with Crippen molar-refractivity contribution in [1.29, 1.82) is 0 Å². The van der Waals surface area contributed by atoms with Gasteiger partial charge < -0.3 is 15.2 Å². The zero-order valence-corrected chi connectivity index (χ0v) is 10.9. The molecule has 6 heteroatoms. The Kier molecular flexibility index (Phi) is 3.27. The number of aromatic nitrogens is 1. The number of hydrogen-bond acceptors (Lipinski definition) is 4. The summed E-state index contributed by atoms with van der Waals surface area (Å²) < 4.78 is 5.56. The van der Waals surface area contributed by atoms with Crippen molar-refractivity contribution < 1.29 is 19.4 Å². The largest absolute Gasteiger partial charge is 0.480 e. The van der Waals surface area contributed by atoms with Crippen LogP contribution >= 0.6 is 0 Å². The van der Waals surface area contributed by atoms with E-state index in [0.717, 1.165) is 5.56 Å².